The highest BCUT2D eigenvalue weighted by Crippen LogP contribution is 2.10. The maximum absolute atomic E-state index is 11.8. The summed E-state index contributed by atoms with van der Waals surface area (Å²) in [5.74, 6) is -0.716. The number of ketones is 1. The molecule has 0 saturated carbocycles. The first-order valence-corrected chi connectivity index (χ1v) is 5.27. The number of carbonyl (C=O) groups excluding carboxylic acids is 1. The minimum absolute atomic E-state index is 0.156. The SMILES string of the molecule is O=C(Cn1c(=O)oc2cccnc21)c1ccco1. The lowest BCUT2D eigenvalue weighted by Gasteiger charge is -1.98. The first-order chi connectivity index (χ1) is 8.75. The molecule has 0 aromatic carbocycles. The number of fused-ring (bicyclic) bond motifs is 1. The summed E-state index contributed by atoms with van der Waals surface area (Å²) in [6, 6.07) is 6.44. The standard InChI is InChI=1S/C12H8N2O4/c15-8(9-4-2-6-17-9)7-14-11-10(18-12(14)16)3-1-5-13-11/h1-6H,7H2. The molecule has 0 aliphatic carbocycles. The van der Waals surface area contributed by atoms with E-state index in [0.29, 0.717) is 11.2 Å². The van der Waals surface area contributed by atoms with Crippen LogP contribution in [0.15, 0.2) is 50.4 Å². The van der Waals surface area contributed by atoms with E-state index in [1.54, 1.807) is 24.3 Å². The summed E-state index contributed by atoms with van der Waals surface area (Å²) >= 11 is 0. The van der Waals surface area contributed by atoms with E-state index in [9.17, 15) is 9.59 Å². The Hall–Kier alpha value is -2.63. The Morgan fingerprint density at radius 1 is 1.33 bits per heavy atom. The highest BCUT2D eigenvalue weighted by atomic mass is 16.4. The number of nitrogens with zero attached hydrogens (tertiary/aromatic N) is 2. The second kappa shape index (κ2) is 3.99. The number of rotatable bonds is 3. The molecule has 0 unspecified atom stereocenters. The topological polar surface area (TPSA) is 78.2 Å². The van der Waals surface area contributed by atoms with Crippen molar-refractivity contribution in [1.82, 2.24) is 9.55 Å². The fourth-order valence-corrected chi connectivity index (χ4v) is 1.70. The van der Waals surface area contributed by atoms with Crippen LogP contribution in [-0.4, -0.2) is 15.3 Å². The lowest BCUT2D eigenvalue weighted by Crippen LogP contribution is -2.20. The molecule has 3 heterocycles. The third-order valence-electron chi connectivity index (χ3n) is 2.52. The molecule has 0 saturated heterocycles. The molecule has 3 rings (SSSR count). The Labute approximate surface area is 100 Å². The van der Waals surface area contributed by atoms with Gasteiger partial charge in [-0.3, -0.25) is 9.36 Å². The molecule has 0 radical (unpaired) electrons. The minimum Gasteiger partial charge on any atom is -0.461 e. The molecule has 3 aromatic rings. The molecule has 0 fully saturated rings. The van der Waals surface area contributed by atoms with Crippen LogP contribution in [0.2, 0.25) is 0 Å². The number of carbonyl (C=O) groups is 1. The van der Waals surface area contributed by atoms with Gasteiger partial charge in [-0.2, -0.15) is 0 Å². The number of oxazole rings is 1. The van der Waals surface area contributed by atoms with Gasteiger partial charge in [-0.05, 0) is 24.3 Å². The van der Waals surface area contributed by atoms with Crippen LogP contribution in [0.5, 0.6) is 0 Å². The number of pyridine rings is 1. The molecule has 0 bridgehead atoms. The summed E-state index contributed by atoms with van der Waals surface area (Å²) in [7, 11) is 0. The van der Waals surface area contributed by atoms with Crippen LogP contribution < -0.4 is 5.76 Å². The average molecular weight is 244 g/mol. The number of Topliss-reactive ketones (excluding diaryl/α,β-unsaturated/α-hetero) is 1. The molecule has 6 nitrogen and oxygen atoms in total. The fraction of sp³-hybridized carbons (Fsp3) is 0.0833. The van der Waals surface area contributed by atoms with E-state index in [1.165, 1.54) is 17.0 Å². The normalized spacial score (nSPS) is 10.9. The first-order valence-electron chi connectivity index (χ1n) is 5.27. The van der Waals surface area contributed by atoms with Crippen molar-refractivity contribution < 1.29 is 13.6 Å². The molecule has 0 aliphatic heterocycles. The van der Waals surface area contributed by atoms with Gasteiger partial charge in [-0.25, -0.2) is 9.78 Å². The predicted octanol–water partition coefficient (Wildman–Crippen LogP) is 1.47. The lowest BCUT2D eigenvalue weighted by molar-refractivity contribution is 0.0943. The smallest absolute Gasteiger partial charge is 0.421 e. The molecule has 0 spiro atoms. The van der Waals surface area contributed by atoms with Crippen molar-refractivity contribution in [3.05, 3.63) is 53.0 Å². The molecule has 0 atom stereocenters. The van der Waals surface area contributed by atoms with Gasteiger partial charge in [0.05, 0.1) is 12.8 Å². The summed E-state index contributed by atoms with van der Waals surface area (Å²) < 4.78 is 11.1. The Bertz CT molecular complexity index is 752. The van der Waals surface area contributed by atoms with Crippen molar-refractivity contribution in [3.8, 4) is 0 Å². The van der Waals surface area contributed by atoms with Gasteiger partial charge in [0, 0.05) is 6.20 Å². The zero-order valence-corrected chi connectivity index (χ0v) is 9.20. The van der Waals surface area contributed by atoms with Gasteiger partial charge in [-0.1, -0.05) is 0 Å². The second-order valence-electron chi connectivity index (χ2n) is 3.68. The molecule has 18 heavy (non-hydrogen) atoms. The third kappa shape index (κ3) is 1.64. The third-order valence-corrected chi connectivity index (χ3v) is 2.52. The van der Waals surface area contributed by atoms with Crippen LogP contribution in [0.3, 0.4) is 0 Å². The molecular formula is C12H8N2O4. The molecular weight excluding hydrogens is 236 g/mol. The summed E-state index contributed by atoms with van der Waals surface area (Å²) in [6.45, 7) is -0.156. The summed E-state index contributed by atoms with van der Waals surface area (Å²) in [4.78, 5) is 27.5. The van der Waals surface area contributed by atoms with Crippen molar-refractivity contribution in [1.29, 1.82) is 0 Å². The Balaban J connectivity index is 2.03. The fourth-order valence-electron chi connectivity index (χ4n) is 1.70. The highest BCUT2D eigenvalue weighted by molar-refractivity contribution is 5.93. The van der Waals surface area contributed by atoms with E-state index in [-0.39, 0.29) is 18.1 Å². The minimum atomic E-state index is -0.608. The van der Waals surface area contributed by atoms with Gasteiger partial charge in [0.15, 0.2) is 17.0 Å². The zero-order chi connectivity index (χ0) is 12.5. The van der Waals surface area contributed by atoms with Crippen LogP contribution in [0.4, 0.5) is 0 Å². The molecule has 6 heteroatoms. The monoisotopic (exact) mass is 244 g/mol. The second-order valence-corrected chi connectivity index (χ2v) is 3.68. The number of furan rings is 1. The Kier molecular flexibility index (Phi) is 2.33. The summed E-state index contributed by atoms with van der Waals surface area (Å²) in [5.41, 5.74) is 0.706. The predicted molar refractivity (Wildman–Crippen MR) is 61.3 cm³/mol. The maximum atomic E-state index is 11.8. The van der Waals surface area contributed by atoms with E-state index < -0.39 is 5.76 Å². The van der Waals surface area contributed by atoms with E-state index in [2.05, 4.69) is 4.98 Å². The van der Waals surface area contributed by atoms with Crippen molar-refractivity contribution in [2.75, 3.05) is 0 Å². The Morgan fingerprint density at radius 3 is 3.00 bits per heavy atom. The van der Waals surface area contributed by atoms with Crippen LogP contribution in [0.1, 0.15) is 10.6 Å². The first kappa shape index (κ1) is 10.5. The molecule has 3 aromatic heterocycles. The summed E-state index contributed by atoms with van der Waals surface area (Å²) in [6.07, 6.45) is 2.94. The zero-order valence-electron chi connectivity index (χ0n) is 9.20. The van der Waals surface area contributed by atoms with Gasteiger partial charge in [0.2, 0.25) is 5.78 Å². The quantitative estimate of drug-likeness (QED) is 0.652. The highest BCUT2D eigenvalue weighted by Gasteiger charge is 2.16. The number of hydrogen-bond donors (Lipinski definition) is 0. The van der Waals surface area contributed by atoms with E-state index in [4.69, 9.17) is 8.83 Å². The number of hydrogen-bond acceptors (Lipinski definition) is 5. The van der Waals surface area contributed by atoms with Crippen LogP contribution in [-0.2, 0) is 6.54 Å². The van der Waals surface area contributed by atoms with Crippen molar-refractivity contribution in [2.45, 2.75) is 6.54 Å². The number of aromatic nitrogens is 2. The molecule has 0 amide bonds. The van der Waals surface area contributed by atoms with Crippen molar-refractivity contribution >= 4 is 17.0 Å². The Morgan fingerprint density at radius 2 is 2.22 bits per heavy atom. The van der Waals surface area contributed by atoms with E-state index in [0.717, 1.165) is 0 Å². The van der Waals surface area contributed by atoms with E-state index >= 15 is 0 Å². The van der Waals surface area contributed by atoms with Crippen molar-refractivity contribution in [3.63, 3.8) is 0 Å². The van der Waals surface area contributed by atoms with Crippen LogP contribution in [0, 0.1) is 0 Å². The largest absolute Gasteiger partial charge is 0.461 e. The maximum Gasteiger partial charge on any atom is 0.421 e. The lowest BCUT2D eigenvalue weighted by atomic mass is 10.3. The van der Waals surface area contributed by atoms with Gasteiger partial charge in [-0.15, -0.1) is 0 Å². The summed E-state index contributed by atoms with van der Waals surface area (Å²) in [5, 5.41) is 0. The van der Waals surface area contributed by atoms with Gasteiger partial charge in [0.1, 0.15) is 0 Å². The van der Waals surface area contributed by atoms with E-state index in [1.807, 2.05) is 0 Å². The molecule has 0 aliphatic rings. The molecule has 90 valence electrons. The van der Waals surface area contributed by atoms with Gasteiger partial charge in [0.25, 0.3) is 0 Å². The van der Waals surface area contributed by atoms with Crippen LogP contribution >= 0.6 is 0 Å². The van der Waals surface area contributed by atoms with Gasteiger partial charge >= 0.3 is 5.76 Å². The van der Waals surface area contributed by atoms with Gasteiger partial charge < -0.3 is 8.83 Å². The van der Waals surface area contributed by atoms with Crippen LogP contribution in [0.25, 0.3) is 11.2 Å². The average Bonchev–Trinajstić information content (AvgIpc) is 2.98. The molecule has 0 N–H and O–H groups in total. The van der Waals surface area contributed by atoms with Crippen molar-refractivity contribution in [2.24, 2.45) is 0 Å².